The number of hydrogen-bond donors (Lipinski definition) is 0. The van der Waals surface area contributed by atoms with Gasteiger partial charge in [0.05, 0.1) is 6.61 Å². The summed E-state index contributed by atoms with van der Waals surface area (Å²) in [5, 5.41) is 5.13. The minimum absolute atomic E-state index is 0.835. The second-order valence-electron chi connectivity index (χ2n) is 4.30. The van der Waals surface area contributed by atoms with Gasteiger partial charge in [-0.1, -0.05) is 76.0 Å². The molecule has 0 saturated heterocycles. The molecule has 0 fully saturated rings. The molecule has 0 aliphatic carbocycles. The van der Waals surface area contributed by atoms with Crippen molar-refractivity contribution in [3.63, 3.8) is 0 Å². The van der Waals surface area contributed by atoms with E-state index in [0.717, 1.165) is 24.1 Å². The topological polar surface area (TPSA) is 9.23 Å². The molecule has 18 heavy (non-hydrogen) atoms. The molecule has 1 nitrogen and oxygen atoms in total. The van der Waals surface area contributed by atoms with Crippen LogP contribution in [0.25, 0.3) is 0 Å². The van der Waals surface area contributed by atoms with Crippen molar-refractivity contribution >= 4 is 37.5 Å². The van der Waals surface area contributed by atoms with Crippen LogP contribution in [0.4, 0.5) is 0 Å². The highest BCUT2D eigenvalue weighted by Crippen LogP contribution is 2.30. The van der Waals surface area contributed by atoms with Crippen molar-refractivity contribution in [1.29, 1.82) is 0 Å². The molecule has 1 radical (unpaired) electrons. The highest BCUT2D eigenvalue weighted by molar-refractivity contribution is 9.09. The first-order valence-corrected chi connectivity index (χ1v) is 10.1. The van der Waals surface area contributed by atoms with Crippen molar-refractivity contribution in [1.82, 2.24) is 0 Å². The average molecular weight is 350 g/mol. The number of rotatable bonds is 11. The van der Waals surface area contributed by atoms with E-state index in [1.165, 1.54) is 44.9 Å². The van der Waals surface area contributed by atoms with Crippen LogP contribution in [-0.2, 0) is 4.74 Å². The van der Waals surface area contributed by atoms with Crippen molar-refractivity contribution in [2.45, 2.75) is 51.4 Å². The predicted molar refractivity (Wildman–Crippen MR) is 87.8 cm³/mol. The number of hydrogen-bond acceptors (Lipinski definition) is 3. The standard InChI is InChI=1S/C14H22BrOS2/c15-10-7-5-3-1-2-4-6-8-11-16-14-9-12-17-18-13-14/h12-13H,1-8,10-11H2. The van der Waals surface area contributed by atoms with E-state index in [9.17, 15) is 0 Å². The lowest BCUT2D eigenvalue weighted by Crippen LogP contribution is -1.94. The van der Waals surface area contributed by atoms with Gasteiger partial charge in [0.25, 0.3) is 0 Å². The van der Waals surface area contributed by atoms with Crippen LogP contribution in [0.1, 0.15) is 51.4 Å². The van der Waals surface area contributed by atoms with Crippen molar-refractivity contribution in [3.05, 3.63) is 22.7 Å². The molecular formula is C14H22BrOS2. The smallest absolute Gasteiger partial charge is 0.134 e. The Bertz CT molecular complexity index is 254. The summed E-state index contributed by atoms with van der Waals surface area (Å²) in [6.07, 6.45) is 13.8. The van der Waals surface area contributed by atoms with Crippen LogP contribution in [0.5, 0.6) is 0 Å². The number of ether oxygens (including phenoxy) is 1. The minimum Gasteiger partial charge on any atom is -0.492 e. The zero-order valence-corrected chi connectivity index (χ0v) is 14.0. The molecule has 0 aromatic heterocycles. The summed E-state index contributed by atoms with van der Waals surface area (Å²) in [7, 11) is 3.37. The molecule has 1 rings (SSSR count). The van der Waals surface area contributed by atoms with Gasteiger partial charge in [0.1, 0.15) is 5.76 Å². The van der Waals surface area contributed by atoms with Crippen LogP contribution >= 0.6 is 37.5 Å². The maximum Gasteiger partial charge on any atom is 0.134 e. The van der Waals surface area contributed by atoms with Gasteiger partial charge in [-0.05, 0) is 18.2 Å². The predicted octanol–water partition coefficient (Wildman–Crippen LogP) is 6.07. The summed E-state index contributed by atoms with van der Waals surface area (Å²) in [4.78, 5) is 0. The van der Waals surface area contributed by atoms with Gasteiger partial charge in [-0.2, -0.15) is 0 Å². The monoisotopic (exact) mass is 349 g/mol. The van der Waals surface area contributed by atoms with Gasteiger partial charge < -0.3 is 4.74 Å². The van der Waals surface area contributed by atoms with E-state index in [4.69, 9.17) is 4.74 Å². The lowest BCUT2D eigenvalue weighted by atomic mass is 10.1. The molecule has 1 heterocycles. The van der Waals surface area contributed by atoms with Crippen molar-refractivity contribution in [2.75, 3.05) is 11.9 Å². The van der Waals surface area contributed by atoms with E-state index in [0.29, 0.717) is 0 Å². The maximum atomic E-state index is 5.62. The third kappa shape index (κ3) is 9.40. The Balaban J connectivity index is 1.78. The third-order valence-electron chi connectivity index (χ3n) is 2.75. The van der Waals surface area contributed by atoms with Crippen LogP contribution < -0.4 is 0 Å². The summed E-state index contributed by atoms with van der Waals surface area (Å²) in [6.45, 7) is 0.835. The summed E-state index contributed by atoms with van der Waals surface area (Å²) in [5.74, 6) is 0.897. The fourth-order valence-electron chi connectivity index (χ4n) is 1.73. The van der Waals surface area contributed by atoms with Crippen LogP contribution in [0.2, 0.25) is 0 Å². The Morgan fingerprint density at radius 2 is 1.61 bits per heavy atom. The van der Waals surface area contributed by atoms with Crippen molar-refractivity contribution in [3.8, 4) is 0 Å². The first-order chi connectivity index (χ1) is 8.93. The molecule has 0 amide bonds. The van der Waals surface area contributed by atoms with Gasteiger partial charge in [0.2, 0.25) is 0 Å². The summed E-state index contributed by atoms with van der Waals surface area (Å²) < 4.78 is 5.62. The fourth-order valence-corrected chi connectivity index (χ4v) is 3.37. The Kier molecular flexibility index (Phi) is 11.5. The molecule has 0 spiro atoms. The molecule has 1 aliphatic heterocycles. The van der Waals surface area contributed by atoms with Gasteiger partial charge in [-0.3, -0.25) is 0 Å². The van der Waals surface area contributed by atoms with E-state index in [1.807, 2.05) is 10.8 Å². The van der Waals surface area contributed by atoms with Crippen molar-refractivity contribution in [2.24, 2.45) is 0 Å². The van der Waals surface area contributed by atoms with Crippen LogP contribution in [-0.4, -0.2) is 11.9 Å². The van der Waals surface area contributed by atoms with Crippen molar-refractivity contribution < 1.29 is 4.74 Å². The van der Waals surface area contributed by atoms with E-state index < -0.39 is 0 Å². The molecule has 4 heteroatoms. The number of halogens is 1. The second kappa shape index (κ2) is 12.5. The first-order valence-electron chi connectivity index (χ1n) is 6.73. The Morgan fingerprint density at radius 1 is 0.944 bits per heavy atom. The van der Waals surface area contributed by atoms with E-state index in [2.05, 4.69) is 22.0 Å². The lowest BCUT2D eigenvalue weighted by Gasteiger charge is -2.08. The summed E-state index contributed by atoms with van der Waals surface area (Å²) >= 11 is 3.46. The fraction of sp³-hybridized carbons (Fsp3) is 0.714. The van der Waals surface area contributed by atoms with E-state index in [1.54, 1.807) is 21.6 Å². The summed E-state index contributed by atoms with van der Waals surface area (Å²) in [5.41, 5.74) is 0. The lowest BCUT2D eigenvalue weighted by molar-refractivity contribution is 0.215. The SMILES string of the molecule is BrCCCCCCCCCCOC1=CSSC=[C]1. The van der Waals surface area contributed by atoms with Gasteiger partial charge in [0.15, 0.2) is 0 Å². The van der Waals surface area contributed by atoms with Gasteiger partial charge in [-0.25, -0.2) is 0 Å². The van der Waals surface area contributed by atoms with E-state index in [-0.39, 0.29) is 0 Å². The van der Waals surface area contributed by atoms with Crippen LogP contribution in [0, 0.1) is 6.08 Å². The highest BCUT2D eigenvalue weighted by atomic mass is 79.9. The molecule has 0 aromatic carbocycles. The normalized spacial score (nSPS) is 14.6. The second-order valence-corrected chi connectivity index (χ2v) is 7.11. The molecule has 0 saturated carbocycles. The molecule has 1 aliphatic rings. The molecule has 0 N–H and O–H groups in total. The maximum absolute atomic E-state index is 5.62. The van der Waals surface area contributed by atoms with Gasteiger partial charge in [-0.15, -0.1) is 0 Å². The molecule has 0 unspecified atom stereocenters. The summed E-state index contributed by atoms with van der Waals surface area (Å²) in [6, 6.07) is 0. The molecule has 0 aromatic rings. The zero-order valence-electron chi connectivity index (χ0n) is 10.8. The third-order valence-corrected chi connectivity index (χ3v) is 4.85. The van der Waals surface area contributed by atoms with E-state index >= 15 is 0 Å². The number of allylic oxidation sites excluding steroid dienone is 1. The molecular weight excluding hydrogens is 328 g/mol. The molecule has 0 bridgehead atoms. The zero-order chi connectivity index (χ0) is 12.9. The Hall–Kier alpha value is 0.460. The quantitative estimate of drug-likeness (QED) is 0.254. The highest BCUT2D eigenvalue weighted by Gasteiger charge is 1.99. The van der Waals surface area contributed by atoms with Gasteiger partial charge >= 0.3 is 0 Å². The number of unbranched alkanes of at least 4 members (excludes halogenated alkanes) is 7. The molecule has 103 valence electrons. The molecule has 0 atom stereocenters. The Labute approximate surface area is 128 Å². The first kappa shape index (κ1) is 16.5. The minimum atomic E-state index is 0.835. The van der Waals surface area contributed by atoms with Crippen LogP contribution in [0.3, 0.4) is 0 Å². The number of alkyl halides is 1. The van der Waals surface area contributed by atoms with Gasteiger partial charge in [0, 0.05) is 16.8 Å². The van der Waals surface area contributed by atoms with Crippen LogP contribution in [0.15, 0.2) is 16.6 Å². The largest absolute Gasteiger partial charge is 0.492 e. The average Bonchev–Trinajstić information content (AvgIpc) is 2.42. The Morgan fingerprint density at radius 3 is 2.22 bits per heavy atom.